The summed E-state index contributed by atoms with van der Waals surface area (Å²) >= 11 is 3.29. The average Bonchev–Trinajstić information content (AvgIpc) is 2.46. The minimum Gasteiger partial charge on any atom is -0.340 e. The van der Waals surface area contributed by atoms with E-state index in [2.05, 4.69) is 33.2 Å². The number of aromatic nitrogens is 1. The Hall–Kier alpha value is -1.43. The molecule has 120 valence electrons. The Bertz CT molecular complexity index is 577. The molecule has 6 heteroatoms. The second kappa shape index (κ2) is 7.22. The van der Waals surface area contributed by atoms with Gasteiger partial charge in [-0.1, -0.05) is 0 Å². The molecule has 1 saturated heterocycles. The lowest BCUT2D eigenvalue weighted by molar-refractivity contribution is -0.136. The van der Waals surface area contributed by atoms with Gasteiger partial charge in [-0.2, -0.15) is 0 Å². The molecule has 0 bridgehead atoms. The number of aryl methyl sites for hydroxylation is 1. The number of hydrogen-bond acceptors (Lipinski definition) is 3. The molecule has 2 atom stereocenters. The van der Waals surface area contributed by atoms with E-state index in [1.54, 1.807) is 19.1 Å². The maximum absolute atomic E-state index is 12.5. The highest BCUT2D eigenvalue weighted by Crippen LogP contribution is 2.18. The number of hydrogen-bond donors (Lipinski definition) is 1. The minimum atomic E-state index is -0.541. The van der Waals surface area contributed by atoms with Gasteiger partial charge in [-0.05, 0) is 68.1 Å². The van der Waals surface area contributed by atoms with Gasteiger partial charge in [-0.25, -0.2) is 4.98 Å². The molecule has 5 nitrogen and oxygen atoms in total. The van der Waals surface area contributed by atoms with E-state index in [1.165, 1.54) is 0 Å². The molecule has 0 aromatic carbocycles. The number of pyridine rings is 1. The fourth-order valence-electron chi connectivity index (χ4n) is 2.70. The van der Waals surface area contributed by atoms with Crippen molar-refractivity contribution in [2.75, 3.05) is 6.54 Å². The molecule has 1 aliphatic rings. The first-order valence-electron chi connectivity index (χ1n) is 7.64. The number of piperidine rings is 1. The Morgan fingerprint density at radius 2 is 2.14 bits per heavy atom. The van der Waals surface area contributed by atoms with Crippen molar-refractivity contribution in [3.05, 3.63) is 28.0 Å². The standard InChI is InChI=1S/C16H22BrN3O2/c1-10-7-8-13(14(17)18-10)15(21)19-12(3)16(22)20-9-5-4-6-11(20)2/h7-8,11-12H,4-6,9H2,1-3H3,(H,19,21)/t11-,12-/m0/s1. The molecule has 0 radical (unpaired) electrons. The molecule has 1 aliphatic heterocycles. The van der Waals surface area contributed by atoms with Crippen molar-refractivity contribution in [3.8, 4) is 0 Å². The van der Waals surface area contributed by atoms with E-state index in [1.807, 2.05) is 11.8 Å². The molecule has 0 unspecified atom stereocenters. The molecule has 2 amide bonds. The van der Waals surface area contributed by atoms with Gasteiger partial charge in [0.1, 0.15) is 10.6 Å². The fourth-order valence-corrected chi connectivity index (χ4v) is 3.30. The van der Waals surface area contributed by atoms with Crippen LogP contribution in [0.2, 0.25) is 0 Å². The zero-order valence-electron chi connectivity index (χ0n) is 13.2. The molecule has 22 heavy (non-hydrogen) atoms. The highest BCUT2D eigenvalue weighted by Gasteiger charge is 2.28. The molecule has 1 aromatic rings. The van der Waals surface area contributed by atoms with E-state index >= 15 is 0 Å². The summed E-state index contributed by atoms with van der Waals surface area (Å²) in [6, 6.07) is 3.19. The summed E-state index contributed by atoms with van der Waals surface area (Å²) in [5.41, 5.74) is 1.27. The summed E-state index contributed by atoms with van der Waals surface area (Å²) in [5, 5.41) is 2.77. The minimum absolute atomic E-state index is 0.0169. The van der Waals surface area contributed by atoms with Crippen molar-refractivity contribution >= 4 is 27.7 Å². The van der Waals surface area contributed by atoms with Crippen LogP contribution in [0.3, 0.4) is 0 Å². The van der Waals surface area contributed by atoms with Gasteiger partial charge < -0.3 is 10.2 Å². The largest absolute Gasteiger partial charge is 0.340 e. The van der Waals surface area contributed by atoms with Crippen molar-refractivity contribution in [2.24, 2.45) is 0 Å². The second-order valence-electron chi connectivity index (χ2n) is 5.86. The van der Waals surface area contributed by atoms with Crippen LogP contribution >= 0.6 is 15.9 Å². The van der Waals surface area contributed by atoms with E-state index < -0.39 is 6.04 Å². The average molecular weight is 368 g/mol. The molecule has 2 rings (SSSR count). The van der Waals surface area contributed by atoms with E-state index in [0.29, 0.717) is 10.2 Å². The summed E-state index contributed by atoms with van der Waals surface area (Å²) in [5.74, 6) is -0.304. The molecular weight excluding hydrogens is 346 g/mol. The number of amides is 2. The first-order valence-corrected chi connectivity index (χ1v) is 8.44. The zero-order chi connectivity index (χ0) is 16.3. The van der Waals surface area contributed by atoms with Crippen LogP contribution < -0.4 is 5.32 Å². The number of nitrogens with one attached hydrogen (secondary N) is 1. The van der Waals surface area contributed by atoms with Gasteiger partial charge in [-0.15, -0.1) is 0 Å². The van der Waals surface area contributed by atoms with Gasteiger partial charge in [0.25, 0.3) is 5.91 Å². The molecular formula is C16H22BrN3O2. The predicted molar refractivity (Wildman–Crippen MR) is 88.6 cm³/mol. The summed E-state index contributed by atoms with van der Waals surface area (Å²) in [7, 11) is 0. The molecule has 1 aromatic heterocycles. The van der Waals surface area contributed by atoms with Crippen LogP contribution in [0.5, 0.6) is 0 Å². The molecule has 0 saturated carbocycles. The van der Waals surface area contributed by atoms with Gasteiger partial charge in [0.15, 0.2) is 0 Å². The maximum Gasteiger partial charge on any atom is 0.254 e. The number of rotatable bonds is 3. The molecule has 0 aliphatic carbocycles. The van der Waals surface area contributed by atoms with Crippen LogP contribution in [-0.2, 0) is 4.79 Å². The number of nitrogens with zero attached hydrogens (tertiary/aromatic N) is 2. The Morgan fingerprint density at radius 3 is 2.77 bits per heavy atom. The van der Waals surface area contributed by atoms with Crippen LogP contribution in [0.15, 0.2) is 16.7 Å². The molecule has 2 heterocycles. The molecule has 1 fully saturated rings. The maximum atomic E-state index is 12.5. The number of halogens is 1. The van der Waals surface area contributed by atoms with Gasteiger partial charge in [0.05, 0.1) is 5.56 Å². The van der Waals surface area contributed by atoms with Crippen LogP contribution in [0.25, 0.3) is 0 Å². The van der Waals surface area contributed by atoms with Crippen molar-refractivity contribution in [1.29, 1.82) is 0 Å². The lowest BCUT2D eigenvalue weighted by atomic mass is 10.0. The summed E-state index contributed by atoms with van der Waals surface area (Å²) < 4.78 is 0.496. The van der Waals surface area contributed by atoms with Gasteiger partial charge in [0, 0.05) is 18.3 Å². The summed E-state index contributed by atoms with van der Waals surface area (Å²) in [4.78, 5) is 30.9. The van der Waals surface area contributed by atoms with E-state index in [-0.39, 0.29) is 17.9 Å². The molecule has 1 N–H and O–H groups in total. The second-order valence-corrected chi connectivity index (χ2v) is 6.61. The van der Waals surface area contributed by atoms with E-state index in [9.17, 15) is 9.59 Å². The van der Waals surface area contributed by atoms with Crippen molar-refractivity contribution in [1.82, 2.24) is 15.2 Å². The SMILES string of the molecule is Cc1ccc(C(=O)N[C@@H](C)C(=O)N2CCCC[C@@H]2C)c(Br)n1. The van der Waals surface area contributed by atoms with Crippen LogP contribution in [0.1, 0.15) is 49.2 Å². The normalized spacial score (nSPS) is 19.6. The highest BCUT2D eigenvalue weighted by molar-refractivity contribution is 9.10. The third-order valence-electron chi connectivity index (χ3n) is 4.04. The Morgan fingerprint density at radius 1 is 1.41 bits per heavy atom. The summed E-state index contributed by atoms with van der Waals surface area (Å²) in [6.07, 6.45) is 3.22. The lowest BCUT2D eigenvalue weighted by Gasteiger charge is -2.35. The van der Waals surface area contributed by atoms with Crippen LogP contribution in [0, 0.1) is 6.92 Å². The van der Waals surface area contributed by atoms with Gasteiger partial charge in [-0.3, -0.25) is 9.59 Å². The smallest absolute Gasteiger partial charge is 0.254 e. The number of carbonyl (C=O) groups excluding carboxylic acids is 2. The zero-order valence-corrected chi connectivity index (χ0v) is 14.8. The van der Waals surface area contributed by atoms with Crippen molar-refractivity contribution in [3.63, 3.8) is 0 Å². The third kappa shape index (κ3) is 3.85. The monoisotopic (exact) mass is 367 g/mol. The Balaban J connectivity index is 2.02. The number of likely N-dealkylation sites (tertiary alicyclic amines) is 1. The molecule has 0 spiro atoms. The van der Waals surface area contributed by atoms with Crippen molar-refractivity contribution < 1.29 is 9.59 Å². The predicted octanol–water partition coefficient (Wildman–Crippen LogP) is 2.67. The third-order valence-corrected chi connectivity index (χ3v) is 4.64. The van der Waals surface area contributed by atoms with E-state index in [0.717, 1.165) is 31.5 Å². The summed E-state index contributed by atoms with van der Waals surface area (Å²) in [6.45, 7) is 6.43. The van der Waals surface area contributed by atoms with Crippen LogP contribution in [-0.4, -0.2) is 40.3 Å². The van der Waals surface area contributed by atoms with Gasteiger partial charge >= 0.3 is 0 Å². The quantitative estimate of drug-likeness (QED) is 0.835. The van der Waals surface area contributed by atoms with Crippen LogP contribution in [0.4, 0.5) is 0 Å². The number of carbonyl (C=O) groups is 2. The van der Waals surface area contributed by atoms with Crippen molar-refractivity contribution in [2.45, 2.75) is 52.1 Å². The Labute approximate surface area is 139 Å². The van der Waals surface area contributed by atoms with Gasteiger partial charge in [0.2, 0.25) is 5.91 Å². The fraction of sp³-hybridized carbons (Fsp3) is 0.562. The first kappa shape index (κ1) is 16.9. The Kier molecular flexibility index (Phi) is 5.56. The lowest BCUT2D eigenvalue weighted by Crippen LogP contribution is -2.51. The first-order chi connectivity index (χ1) is 10.4. The topological polar surface area (TPSA) is 62.3 Å². The highest BCUT2D eigenvalue weighted by atomic mass is 79.9. The van der Waals surface area contributed by atoms with E-state index in [4.69, 9.17) is 0 Å².